The summed E-state index contributed by atoms with van der Waals surface area (Å²) in [6.07, 6.45) is 1.54. The van der Waals surface area contributed by atoms with Crippen molar-refractivity contribution in [3.8, 4) is 0 Å². The van der Waals surface area contributed by atoms with Gasteiger partial charge in [-0.05, 0) is 19.3 Å². The van der Waals surface area contributed by atoms with Crippen molar-refractivity contribution in [1.82, 2.24) is 9.88 Å². The fraction of sp³-hybridized carbons (Fsp3) is 0.538. The summed E-state index contributed by atoms with van der Waals surface area (Å²) >= 11 is 0. The summed E-state index contributed by atoms with van der Waals surface area (Å²) in [6.45, 7) is 5.81. The summed E-state index contributed by atoms with van der Waals surface area (Å²) in [5.41, 5.74) is -0.114. The molecule has 1 aromatic rings. The third-order valence-corrected chi connectivity index (χ3v) is 2.98. The van der Waals surface area contributed by atoms with Crippen molar-refractivity contribution in [2.75, 3.05) is 0 Å². The number of carboxylic acid groups (broad SMARTS) is 1. The molecule has 0 saturated carbocycles. The fourth-order valence-electron chi connectivity index (χ4n) is 1.97. The molecule has 1 unspecified atom stereocenters. The number of aromatic nitrogens is 1. The van der Waals surface area contributed by atoms with Gasteiger partial charge in [0.2, 0.25) is 0 Å². The van der Waals surface area contributed by atoms with Gasteiger partial charge < -0.3 is 15.0 Å². The van der Waals surface area contributed by atoms with Crippen LogP contribution in [0, 0.1) is 16.0 Å². The van der Waals surface area contributed by atoms with Gasteiger partial charge in [-0.1, -0.05) is 13.8 Å². The zero-order chi connectivity index (χ0) is 16.2. The van der Waals surface area contributed by atoms with E-state index < -0.39 is 22.8 Å². The van der Waals surface area contributed by atoms with Crippen LogP contribution in [0.1, 0.15) is 37.7 Å². The van der Waals surface area contributed by atoms with Gasteiger partial charge >= 0.3 is 5.97 Å². The van der Waals surface area contributed by atoms with Crippen molar-refractivity contribution in [2.24, 2.45) is 5.92 Å². The number of hydrogen-bond acceptors (Lipinski definition) is 4. The third-order valence-electron chi connectivity index (χ3n) is 2.98. The summed E-state index contributed by atoms with van der Waals surface area (Å²) in [5, 5.41) is 22.3. The summed E-state index contributed by atoms with van der Waals surface area (Å²) < 4.78 is 1.42. The van der Waals surface area contributed by atoms with E-state index in [1.54, 1.807) is 6.92 Å². The molecule has 0 radical (unpaired) electrons. The van der Waals surface area contributed by atoms with Gasteiger partial charge in [-0.15, -0.1) is 0 Å². The third kappa shape index (κ3) is 4.30. The van der Waals surface area contributed by atoms with E-state index in [1.165, 1.54) is 10.8 Å². The lowest BCUT2D eigenvalue weighted by Gasteiger charge is -2.16. The SMILES string of the molecule is CCn1cc([N+](=O)[O-])cc1C(=O)NC(CC(C)C)C(=O)O. The summed E-state index contributed by atoms with van der Waals surface area (Å²) in [7, 11) is 0. The average Bonchev–Trinajstić information content (AvgIpc) is 2.81. The number of aryl methyl sites for hydroxylation is 1. The Bertz CT molecular complexity index is 550. The van der Waals surface area contributed by atoms with Gasteiger partial charge in [0, 0.05) is 12.6 Å². The number of carbonyl (C=O) groups excluding carboxylic acids is 1. The van der Waals surface area contributed by atoms with E-state index in [9.17, 15) is 19.7 Å². The van der Waals surface area contributed by atoms with Gasteiger partial charge in [0.25, 0.3) is 11.6 Å². The molecule has 0 aliphatic rings. The minimum Gasteiger partial charge on any atom is -0.480 e. The second-order valence-electron chi connectivity index (χ2n) is 5.12. The highest BCUT2D eigenvalue weighted by molar-refractivity contribution is 5.96. The van der Waals surface area contributed by atoms with E-state index in [2.05, 4.69) is 5.32 Å². The molecule has 116 valence electrons. The Hall–Kier alpha value is -2.38. The first kappa shape index (κ1) is 16.7. The second-order valence-corrected chi connectivity index (χ2v) is 5.12. The van der Waals surface area contributed by atoms with Crippen molar-refractivity contribution >= 4 is 17.6 Å². The molecule has 1 aromatic heterocycles. The first-order chi connectivity index (χ1) is 9.76. The number of nitrogens with one attached hydrogen (secondary N) is 1. The summed E-state index contributed by atoms with van der Waals surface area (Å²) in [4.78, 5) is 33.4. The molecule has 2 N–H and O–H groups in total. The molecule has 8 nitrogen and oxygen atoms in total. The minimum atomic E-state index is -1.12. The monoisotopic (exact) mass is 297 g/mol. The summed E-state index contributed by atoms with van der Waals surface area (Å²) in [6, 6.07) is 0.129. The molecular formula is C13H19N3O5. The Labute approximate surface area is 121 Å². The van der Waals surface area contributed by atoms with Crippen LogP contribution in [-0.4, -0.2) is 32.5 Å². The molecule has 21 heavy (non-hydrogen) atoms. The highest BCUT2D eigenvalue weighted by atomic mass is 16.6. The quantitative estimate of drug-likeness (QED) is 0.586. The van der Waals surface area contributed by atoms with Crippen LogP contribution in [-0.2, 0) is 11.3 Å². The molecule has 0 saturated heterocycles. The molecule has 8 heteroatoms. The minimum absolute atomic E-state index is 0.0826. The van der Waals surface area contributed by atoms with Crippen molar-refractivity contribution in [3.63, 3.8) is 0 Å². The molecule has 0 fully saturated rings. The maximum Gasteiger partial charge on any atom is 0.326 e. The van der Waals surface area contributed by atoms with Crippen LogP contribution < -0.4 is 5.32 Å². The number of carbonyl (C=O) groups is 2. The largest absolute Gasteiger partial charge is 0.480 e. The van der Waals surface area contributed by atoms with Crippen LogP contribution in [0.3, 0.4) is 0 Å². The Morgan fingerprint density at radius 3 is 2.52 bits per heavy atom. The lowest BCUT2D eigenvalue weighted by atomic mass is 10.0. The van der Waals surface area contributed by atoms with E-state index in [4.69, 9.17) is 5.11 Å². The number of nitrogens with zero attached hydrogens (tertiary/aromatic N) is 2. The Kier molecular flexibility index (Phi) is 5.45. The number of rotatable bonds is 7. The maximum atomic E-state index is 12.1. The van der Waals surface area contributed by atoms with Gasteiger partial charge in [-0.3, -0.25) is 14.9 Å². The number of nitro groups is 1. The highest BCUT2D eigenvalue weighted by Gasteiger charge is 2.25. The fourth-order valence-corrected chi connectivity index (χ4v) is 1.97. The van der Waals surface area contributed by atoms with Crippen LogP contribution in [0.15, 0.2) is 12.3 Å². The molecule has 0 aliphatic heterocycles. The van der Waals surface area contributed by atoms with Crippen molar-refractivity contribution < 1.29 is 19.6 Å². The van der Waals surface area contributed by atoms with Gasteiger partial charge in [-0.25, -0.2) is 4.79 Å². The predicted octanol–water partition coefficient (Wildman–Crippen LogP) is 1.65. The molecular weight excluding hydrogens is 278 g/mol. The van der Waals surface area contributed by atoms with Crippen molar-refractivity contribution in [3.05, 3.63) is 28.1 Å². The Morgan fingerprint density at radius 1 is 1.48 bits per heavy atom. The van der Waals surface area contributed by atoms with Gasteiger partial charge in [0.1, 0.15) is 11.7 Å². The maximum absolute atomic E-state index is 12.1. The molecule has 1 heterocycles. The molecule has 1 rings (SSSR count). The van der Waals surface area contributed by atoms with Crippen LogP contribution >= 0.6 is 0 Å². The first-order valence-electron chi connectivity index (χ1n) is 6.64. The average molecular weight is 297 g/mol. The van der Waals surface area contributed by atoms with E-state index in [1.807, 2.05) is 13.8 Å². The van der Waals surface area contributed by atoms with E-state index in [0.29, 0.717) is 6.54 Å². The summed E-state index contributed by atoms with van der Waals surface area (Å²) in [5.74, 6) is -1.65. The van der Waals surface area contributed by atoms with Gasteiger partial charge in [0.15, 0.2) is 0 Å². The van der Waals surface area contributed by atoms with Crippen LogP contribution in [0.2, 0.25) is 0 Å². The smallest absolute Gasteiger partial charge is 0.326 e. The predicted molar refractivity (Wildman–Crippen MR) is 75.1 cm³/mol. The zero-order valence-corrected chi connectivity index (χ0v) is 12.2. The lowest BCUT2D eigenvalue weighted by Crippen LogP contribution is -2.42. The van der Waals surface area contributed by atoms with Crippen LogP contribution in [0.5, 0.6) is 0 Å². The van der Waals surface area contributed by atoms with E-state index in [0.717, 1.165) is 6.07 Å². The highest BCUT2D eigenvalue weighted by Crippen LogP contribution is 2.17. The number of hydrogen-bond donors (Lipinski definition) is 2. The Morgan fingerprint density at radius 2 is 2.10 bits per heavy atom. The van der Waals surface area contributed by atoms with Gasteiger partial charge in [0.05, 0.1) is 11.1 Å². The standard InChI is InChI=1S/C13H19N3O5/c1-4-15-7-9(16(20)21)6-11(15)12(17)14-10(13(18)19)5-8(2)3/h6-8,10H,4-5H2,1-3H3,(H,14,17)(H,18,19). The van der Waals surface area contributed by atoms with Crippen LogP contribution in [0.4, 0.5) is 5.69 Å². The van der Waals surface area contributed by atoms with Crippen molar-refractivity contribution in [1.29, 1.82) is 0 Å². The molecule has 0 bridgehead atoms. The topological polar surface area (TPSA) is 114 Å². The molecule has 0 aliphatic carbocycles. The molecule has 1 atom stereocenters. The molecule has 0 aromatic carbocycles. The van der Waals surface area contributed by atoms with Crippen molar-refractivity contribution in [2.45, 2.75) is 39.8 Å². The second kappa shape index (κ2) is 6.87. The molecule has 0 spiro atoms. The van der Waals surface area contributed by atoms with E-state index >= 15 is 0 Å². The number of carboxylic acids is 1. The first-order valence-corrected chi connectivity index (χ1v) is 6.64. The zero-order valence-electron chi connectivity index (χ0n) is 12.2. The lowest BCUT2D eigenvalue weighted by molar-refractivity contribution is -0.384. The van der Waals surface area contributed by atoms with Gasteiger partial charge in [-0.2, -0.15) is 0 Å². The van der Waals surface area contributed by atoms with Crippen LogP contribution in [0.25, 0.3) is 0 Å². The number of amides is 1. The molecule has 1 amide bonds. The number of aliphatic carboxylic acids is 1. The Balaban J connectivity index is 2.96. The normalized spacial score (nSPS) is 12.2. The van der Waals surface area contributed by atoms with E-state index in [-0.39, 0.29) is 23.7 Å².